The molecule has 7 heteroatoms. The minimum Gasteiger partial charge on any atom is -0.484 e. The zero-order valence-electron chi connectivity index (χ0n) is 13.4. The number of hydrogen-bond donors (Lipinski definition) is 0. The average Bonchev–Trinajstić information content (AvgIpc) is 3.31. The first-order valence-corrected chi connectivity index (χ1v) is 8.04. The number of rotatable bonds is 6. The lowest BCUT2D eigenvalue weighted by Crippen LogP contribution is -2.13. The molecule has 0 spiro atoms. The minimum absolute atomic E-state index is 0.112. The van der Waals surface area contributed by atoms with E-state index in [1.807, 2.05) is 19.9 Å². The summed E-state index contributed by atoms with van der Waals surface area (Å²) in [5, 5.41) is 10.8. The number of aryl methyl sites for hydroxylation is 1. The van der Waals surface area contributed by atoms with E-state index in [1.54, 1.807) is 0 Å². The van der Waals surface area contributed by atoms with Gasteiger partial charge in [0.05, 0.1) is 9.95 Å². The van der Waals surface area contributed by atoms with Gasteiger partial charge in [0, 0.05) is 35.1 Å². The molecule has 6 nitrogen and oxygen atoms in total. The molecule has 1 aromatic carbocycles. The zero-order valence-corrected chi connectivity index (χ0v) is 14.2. The molecule has 126 valence electrons. The predicted octanol–water partition coefficient (Wildman–Crippen LogP) is 4.26. The van der Waals surface area contributed by atoms with E-state index in [-0.39, 0.29) is 28.8 Å². The van der Waals surface area contributed by atoms with Crippen LogP contribution in [-0.2, 0) is 0 Å². The van der Waals surface area contributed by atoms with Crippen LogP contribution in [0.4, 0.5) is 5.69 Å². The number of carbonyl (C=O) groups is 1. The number of Topliss-reactive ketones (excluding diaryl/α,β-unsaturated/α-hetero) is 1. The standard InChI is InChI=1S/C17H17ClN2O4/c1-10-7-14(11(2)19(10)12-3-4-12)16(21)9-24-17-6-5-13(20(22)23)8-15(17)18/h5-8,12H,3-4,9H2,1-2H3. The Morgan fingerprint density at radius 2 is 2.08 bits per heavy atom. The first kappa shape index (κ1) is 16.5. The molecule has 0 atom stereocenters. The van der Waals surface area contributed by atoms with Crippen molar-refractivity contribution in [3.05, 3.63) is 56.4 Å². The van der Waals surface area contributed by atoms with Crippen LogP contribution in [0.15, 0.2) is 24.3 Å². The summed E-state index contributed by atoms with van der Waals surface area (Å²) in [4.78, 5) is 22.6. The molecule has 24 heavy (non-hydrogen) atoms. The van der Waals surface area contributed by atoms with Gasteiger partial charge in [-0.25, -0.2) is 0 Å². The van der Waals surface area contributed by atoms with E-state index in [0.717, 1.165) is 24.2 Å². The summed E-state index contributed by atoms with van der Waals surface area (Å²) in [6, 6.07) is 6.31. The number of aromatic nitrogens is 1. The van der Waals surface area contributed by atoms with Gasteiger partial charge in [-0.15, -0.1) is 0 Å². The summed E-state index contributed by atoms with van der Waals surface area (Å²) >= 11 is 5.97. The number of benzene rings is 1. The van der Waals surface area contributed by atoms with E-state index in [1.165, 1.54) is 18.2 Å². The molecule has 0 N–H and O–H groups in total. The number of nitro benzene ring substituents is 1. The van der Waals surface area contributed by atoms with Crippen molar-refractivity contribution in [3.63, 3.8) is 0 Å². The molecule has 0 radical (unpaired) electrons. The second-order valence-electron chi connectivity index (χ2n) is 5.97. The van der Waals surface area contributed by atoms with Crippen molar-refractivity contribution in [1.29, 1.82) is 0 Å². The largest absolute Gasteiger partial charge is 0.484 e. The third kappa shape index (κ3) is 3.14. The quantitative estimate of drug-likeness (QED) is 0.444. The molecule has 3 rings (SSSR count). The fourth-order valence-electron chi connectivity index (χ4n) is 2.90. The Bertz CT molecular complexity index is 824. The van der Waals surface area contributed by atoms with Crippen molar-refractivity contribution in [2.75, 3.05) is 6.61 Å². The summed E-state index contributed by atoms with van der Waals surface area (Å²) in [5.74, 6) is 0.121. The summed E-state index contributed by atoms with van der Waals surface area (Å²) in [6.07, 6.45) is 2.30. The van der Waals surface area contributed by atoms with E-state index in [2.05, 4.69) is 4.57 Å². The lowest BCUT2D eigenvalue weighted by atomic mass is 10.1. The second-order valence-corrected chi connectivity index (χ2v) is 6.38. The first-order chi connectivity index (χ1) is 11.4. The van der Waals surface area contributed by atoms with Gasteiger partial charge in [-0.3, -0.25) is 14.9 Å². The third-order valence-electron chi connectivity index (χ3n) is 4.18. The highest BCUT2D eigenvalue weighted by atomic mass is 35.5. The highest BCUT2D eigenvalue weighted by Crippen LogP contribution is 2.38. The lowest BCUT2D eigenvalue weighted by Gasteiger charge is -2.09. The molecular formula is C17H17ClN2O4. The Labute approximate surface area is 144 Å². The molecule has 0 saturated heterocycles. The van der Waals surface area contributed by atoms with Crippen LogP contribution in [0.25, 0.3) is 0 Å². The fraction of sp³-hybridized carbons (Fsp3) is 0.353. The SMILES string of the molecule is Cc1cc(C(=O)COc2ccc([N+](=O)[O-])cc2Cl)c(C)n1C1CC1. The van der Waals surface area contributed by atoms with Crippen LogP contribution in [0.5, 0.6) is 5.75 Å². The second kappa shape index (κ2) is 6.28. The summed E-state index contributed by atoms with van der Waals surface area (Å²) < 4.78 is 7.66. The molecule has 1 aromatic heterocycles. The number of nitrogens with zero attached hydrogens (tertiary/aromatic N) is 2. The normalized spacial score (nSPS) is 13.8. The maximum Gasteiger partial charge on any atom is 0.271 e. The van der Waals surface area contributed by atoms with E-state index in [4.69, 9.17) is 16.3 Å². The highest BCUT2D eigenvalue weighted by Gasteiger charge is 2.28. The van der Waals surface area contributed by atoms with Crippen molar-refractivity contribution < 1.29 is 14.5 Å². The minimum atomic E-state index is -0.534. The Morgan fingerprint density at radius 1 is 1.38 bits per heavy atom. The Balaban J connectivity index is 1.72. The van der Waals surface area contributed by atoms with Gasteiger partial charge < -0.3 is 9.30 Å². The van der Waals surface area contributed by atoms with Crippen LogP contribution in [0, 0.1) is 24.0 Å². The summed E-state index contributed by atoms with van der Waals surface area (Å²) in [7, 11) is 0. The van der Waals surface area contributed by atoms with Gasteiger partial charge >= 0.3 is 0 Å². The van der Waals surface area contributed by atoms with Crippen LogP contribution in [0.3, 0.4) is 0 Å². The molecule has 1 aliphatic rings. The smallest absolute Gasteiger partial charge is 0.271 e. The average molecular weight is 349 g/mol. The number of non-ortho nitro benzene ring substituents is 1. The topological polar surface area (TPSA) is 74.4 Å². The molecule has 1 heterocycles. The van der Waals surface area contributed by atoms with Crippen molar-refractivity contribution in [2.24, 2.45) is 0 Å². The van der Waals surface area contributed by atoms with Gasteiger partial charge in [0.2, 0.25) is 5.78 Å². The maximum atomic E-state index is 12.4. The molecule has 0 amide bonds. The monoisotopic (exact) mass is 348 g/mol. The maximum absolute atomic E-state index is 12.4. The highest BCUT2D eigenvalue weighted by molar-refractivity contribution is 6.32. The lowest BCUT2D eigenvalue weighted by molar-refractivity contribution is -0.384. The third-order valence-corrected chi connectivity index (χ3v) is 4.48. The summed E-state index contributed by atoms with van der Waals surface area (Å²) in [6.45, 7) is 3.78. The predicted molar refractivity (Wildman–Crippen MR) is 90.1 cm³/mol. The van der Waals surface area contributed by atoms with Gasteiger partial charge in [0.1, 0.15) is 5.75 Å². The van der Waals surface area contributed by atoms with Gasteiger partial charge in [0.15, 0.2) is 6.61 Å². The van der Waals surface area contributed by atoms with Crippen molar-refractivity contribution in [2.45, 2.75) is 32.7 Å². The van der Waals surface area contributed by atoms with Gasteiger partial charge in [0.25, 0.3) is 5.69 Å². The number of carbonyl (C=O) groups excluding carboxylic acids is 1. The van der Waals surface area contributed by atoms with E-state index < -0.39 is 4.92 Å². The molecule has 2 aromatic rings. The van der Waals surface area contributed by atoms with Crippen molar-refractivity contribution in [3.8, 4) is 5.75 Å². The van der Waals surface area contributed by atoms with Gasteiger partial charge in [-0.1, -0.05) is 11.6 Å². The Morgan fingerprint density at radius 3 is 2.67 bits per heavy atom. The number of halogens is 1. The van der Waals surface area contributed by atoms with E-state index >= 15 is 0 Å². The molecule has 1 fully saturated rings. The Kier molecular flexibility index (Phi) is 4.32. The molecule has 0 aliphatic heterocycles. The number of hydrogen-bond acceptors (Lipinski definition) is 4. The molecule has 0 bridgehead atoms. The molecule has 0 unspecified atom stereocenters. The number of ether oxygens (including phenoxy) is 1. The molecular weight excluding hydrogens is 332 g/mol. The van der Waals surface area contributed by atoms with Gasteiger partial charge in [-0.05, 0) is 38.8 Å². The fourth-order valence-corrected chi connectivity index (χ4v) is 3.12. The number of ketones is 1. The Hall–Kier alpha value is -2.34. The van der Waals surface area contributed by atoms with Crippen LogP contribution >= 0.6 is 11.6 Å². The van der Waals surface area contributed by atoms with Gasteiger partial charge in [-0.2, -0.15) is 0 Å². The van der Waals surface area contributed by atoms with E-state index in [9.17, 15) is 14.9 Å². The molecule has 1 saturated carbocycles. The van der Waals surface area contributed by atoms with Crippen molar-refractivity contribution >= 4 is 23.1 Å². The first-order valence-electron chi connectivity index (χ1n) is 7.67. The van der Waals surface area contributed by atoms with Crippen LogP contribution in [0.1, 0.15) is 40.6 Å². The van der Waals surface area contributed by atoms with Crippen LogP contribution in [-0.4, -0.2) is 21.9 Å². The molecule has 1 aliphatic carbocycles. The van der Waals surface area contributed by atoms with E-state index in [0.29, 0.717) is 11.6 Å². The van der Waals surface area contributed by atoms with Crippen LogP contribution in [0.2, 0.25) is 5.02 Å². The summed E-state index contributed by atoms with van der Waals surface area (Å²) in [5.41, 5.74) is 2.56. The van der Waals surface area contributed by atoms with Crippen molar-refractivity contribution in [1.82, 2.24) is 4.57 Å². The number of nitro groups is 1. The van der Waals surface area contributed by atoms with Crippen LogP contribution < -0.4 is 4.74 Å². The zero-order chi connectivity index (χ0) is 17.4.